The number of carbonyl (C=O) groups is 1. The number of halogens is 1. The van der Waals surface area contributed by atoms with Gasteiger partial charge in [0, 0.05) is 17.2 Å². The van der Waals surface area contributed by atoms with E-state index in [0.717, 1.165) is 15.6 Å². The van der Waals surface area contributed by atoms with Crippen molar-refractivity contribution in [3.63, 3.8) is 0 Å². The molecule has 0 saturated carbocycles. The summed E-state index contributed by atoms with van der Waals surface area (Å²) in [6, 6.07) is 8.12. The largest absolute Gasteiger partial charge is 0.444 e. The van der Waals surface area contributed by atoms with Gasteiger partial charge in [-0.2, -0.15) is 4.98 Å². The van der Waals surface area contributed by atoms with Crippen molar-refractivity contribution in [3.05, 3.63) is 46.1 Å². The standard InChI is InChI=1S/C16H17BrN4O2/c1-3-21-14-12(9-23-16(21)22)8-18-15(20-14)19-10(2)11-4-6-13(17)7-5-11/h4-8,10H,3,9H2,1-2H3,(H,18,19,20)/t10-/m0/s1. The third-order valence-corrected chi connectivity index (χ3v) is 4.23. The van der Waals surface area contributed by atoms with E-state index in [-0.39, 0.29) is 18.7 Å². The van der Waals surface area contributed by atoms with Gasteiger partial charge in [0.1, 0.15) is 12.4 Å². The number of nitrogens with zero attached hydrogens (tertiary/aromatic N) is 3. The smallest absolute Gasteiger partial charge is 0.415 e. The molecule has 0 spiro atoms. The number of ether oxygens (including phenoxy) is 1. The second kappa shape index (κ2) is 6.54. The summed E-state index contributed by atoms with van der Waals surface area (Å²) in [6.45, 7) is 4.64. The molecule has 1 aromatic heterocycles. The molecule has 0 radical (unpaired) electrons. The van der Waals surface area contributed by atoms with E-state index in [0.29, 0.717) is 18.3 Å². The molecule has 2 heterocycles. The van der Waals surface area contributed by atoms with Crippen molar-refractivity contribution >= 4 is 33.8 Å². The fourth-order valence-corrected chi connectivity index (χ4v) is 2.68. The Kier molecular flexibility index (Phi) is 4.47. The molecule has 7 heteroatoms. The molecular formula is C16H17BrN4O2. The predicted octanol–water partition coefficient (Wildman–Crippen LogP) is 3.89. The minimum absolute atomic E-state index is 0.0479. The SMILES string of the molecule is CCN1C(=O)OCc2cnc(N[C@@H](C)c3ccc(Br)cc3)nc21. The van der Waals surface area contributed by atoms with E-state index < -0.39 is 0 Å². The fraction of sp³-hybridized carbons (Fsp3) is 0.312. The number of carbonyl (C=O) groups excluding carboxylic acids is 1. The fourth-order valence-electron chi connectivity index (χ4n) is 2.41. The van der Waals surface area contributed by atoms with Gasteiger partial charge in [0.25, 0.3) is 0 Å². The quantitative estimate of drug-likeness (QED) is 0.876. The van der Waals surface area contributed by atoms with Crippen LogP contribution in [0.4, 0.5) is 16.6 Å². The highest BCUT2D eigenvalue weighted by atomic mass is 79.9. The molecular weight excluding hydrogens is 360 g/mol. The number of fused-ring (bicyclic) bond motifs is 1. The molecule has 1 aliphatic rings. The van der Waals surface area contributed by atoms with Crippen LogP contribution in [0.25, 0.3) is 0 Å². The Hall–Kier alpha value is -2.15. The maximum atomic E-state index is 11.8. The van der Waals surface area contributed by atoms with Crippen LogP contribution in [0.5, 0.6) is 0 Å². The Morgan fingerprint density at radius 3 is 2.83 bits per heavy atom. The second-order valence-corrected chi connectivity index (χ2v) is 6.17. The lowest BCUT2D eigenvalue weighted by atomic mass is 10.1. The van der Waals surface area contributed by atoms with Gasteiger partial charge in [-0.3, -0.25) is 4.90 Å². The van der Waals surface area contributed by atoms with E-state index in [9.17, 15) is 4.79 Å². The average molecular weight is 377 g/mol. The number of hydrogen-bond acceptors (Lipinski definition) is 5. The van der Waals surface area contributed by atoms with Crippen LogP contribution < -0.4 is 10.2 Å². The molecule has 1 atom stereocenters. The van der Waals surface area contributed by atoms with E-state index in [1.165, 1.54) is 4.90 Å². The molecule has 0 aliphatic carbocycles. The lowest BCUT2D eigenvalue weighted by molar-refractivity contribution is 0.141. The molecule has 6 nitrogen and oxygen atoms in total. The zero-order valence-electron chi connectivity index (χ0n) is 12.9. The van der Waals surface area contributed by atoms with Gasteiger partial charge < -0.3 is 10.1 Å². The Morgan fingerprint density at radius 2 is 2.13 bits per heavy atom. The van der Waals surface area contributed by atoms with Gasteiger partial charge in [-0.1, -0.05) is 28.1 Å². The normalized spacial score (nSPS) is 14.9. The number of rotatable bonds is 4. The first kappa shape index (κ1) is 15.7. The first-order chi connectivity index (χ1) is 11.1. The molecule has 0 bridgehead atoms. The predicted molar refractivity (Wildman–Crippen MR) is 91.4 cm³/mol. The number of nitrogens with one attached hydrogen (secondary N) is 1. The van der Waals surface area contributed by atoms with E-state index in [1.807, 2.05) is 38.1 Å². The van der Waals surface area contributed by atoms with Crippen molar-refractivity contribution in [2.75, 3.05) is 16.8 Å². The number of anilines is 2. The zero-order valence-corrected chi connectivity index (χ0v) is 14.5. The van der Waals surface area contributed by atoms with Crippen LogP contribution in [0.1, 0.15) is 31.0 Å². The lowest BCUT2D eigenvalue weighted by Gasteiger charge is -2.27. The van der Waals surface area contributed by atoms with Crippen molar-refractivity contribution in [1.82, 2.24) is 9.97 Å². The number of cyclic esters (lactones) is 1. The molecule has 3 rings (SSSR count). The van der Waals surface area contributed by atoms with Crippen LogP contribution in [-0.2, 0) is 11.3 Å². The summed E-state index contributed by atoms with van der Waals surface area (Å²) >= 11 is 3.43. The highest BCUT2D eigenvalue weighted by molar-refractivity contribution is 9.10. The number of amides is 1. The molecule has 120 valence electrons. The van der Waals surface area contributed by atoms with Gasteiger partial charge in [0.15, 0.2) is 0 Å². The molecule has 1 aromatic carbocycles. The Balaban J connectivity index is 1.82. The molecule has 0 unspecified atom stereocenters. The third-order valence-electron chi connectivity index (χ3n) is 3.70. The molecule has 0 fully saturated rings. The number of benzene rings is 1. The monoisotopic (exact) mass is 376 g/mol. The zero-order chi connectivity index (χ0) is 16.4. The van der Waals surface area contributed by atoms with Gasteiger partial charge in [-0.15, -0.1) is 0 Å². The van der Waals surface area contributed by atoms with Crippen LogP contribution in [0.2, 0.25) is 0 Å². The third kappa shape index (κ3) is 3.29. The van der Waals surface area contributed by atoms with Crippen LogP contribution in [0, 0.1) is 0 Å². The molecule has 1 N–H and O–H groups in total. The molecule has 1 amide bonds. The number of aromatic nitrogens is 2. The average Bonchev–Trinajstić information content (AvgIpc) is 2.55. The van der Waals surface area contributed by atoms with Crippen molar-refractivity contribution < 1.29 is 9.53 Å². The van der Waals surface area contributed by atoms with Crippen molar-refractivity contribution in [2.24, 2.45) is 0 Å². The summed E-state index contributed by atoms with van der Waals surface area (Å²) in [4.78, 5) is 22.1. The topological polar surface area (TPSA) is 67.4 Å². The second-order valence-electron chi connectivity index (χ2n) is 5.26. The lowest BCUT2D eigenvalue weighted by Crippen LogP contribution is -2.36. The Bertz CT molecular complexity index is 721. The minimum Gasteiger partial charge on any atom is -0.444 e. The molecule has 23 heavy (non-hydrogen) atoms. The van der Waals surface area contributed by atoms with Gasteiger partial charge >= 0.3 is 6.09 Å². The Labute approximate surface area is 143 Å². The molecule has 0 saturated heterocycles. The summed E-state index contributed by atoms with van der Waals surface area (Å²) in [7, 11) is 0. The summed E-state index contributed by atoms with van der Waals surface area (Å²) in [5.74, 6) is 1.11. The highest BCUT2D eigenvalue weighted by Gasteiger charge is 2.26. The highest BCUT2D eigenvalue weighted by Crippen LogP contribution is 2.26. The van der Waals surface area contributed by atoms with Crippen molar-refractivity contribution in [2.45, 2.75) is 26.5 Å². The van der Waals surface area contributed by atoms with Gasteiger partial charge in [-0.05, 0) is 31.5 Å². The summed E-state index contributed by atoms with van der Waals surface area (Å²) in [5, 5.41) is 3.27. The van der Waals surface area contributed by atoms with E-state index in [4.69, 9.17) is 4.74 Å². The van der Waals surface area contributed by atoms with Crippen molar-refractivity contribution in [1.29, 1.82) is 0 Å². The molecule has 1 aliphatic heterocycles. The maximum Gasteiger partial charge on any atom is 0.415 e. The van der Waals surface area contributed by atoms with Crippen LogP contribution in [0.15, 0.2) is 34.9 Å². The van der Waals surface area contributed by atoms with E-state index in [2.05, 4.69) is 31.2 Å². The summed E-state index contributed by atoms with van der Waals surface area (Å²) in [6.07, 6.45) is 1.33. The van der Waals surface area contributed by atoms with Crippen LogP contribution in [-0.4, -0.2) is 22.6 Å². The van der Waals surface area contributed by atoms with Gasteiger partial charge in [0.2, 0.25) is 5.95 Å². The van der Waals surface area contributed by atoms with Crippen LogP contribution >= 0.6 is 15.9 Å². The van der Waals surface area contributed by atoms with Crippen LogP contribution in [0.3, 0.4) is 0 Å². The van der Waals surface area contributed by atoms with Gasteiger partial charge in [-0.25, -0.2) is 9.78 Å². The maximum absolute atomic E-state index is 11.8. The number of hydrogen-bond donors (Lipinski definition) is 1. The first-order valence-electron chi connectivity index (χ1n) is 7.40. The summed E-state index contributed by atoms with van der Waals surface area (Å²) < 4.78 is 6.13. The first-order valence-corrected chi connectivity index (χ1v) is 8.20. The van der Waals surface area contributed by atoms with Gasteiger partial charge in [0.05, 0.1) is 11.6 Å². The van der Waals surface area contributed by atoms with Crippen molar-refractivity contribution in [3.8, 4) is 0 Å². The van der Waals surface area contributed by atoms with E-state index >= 15 is 0 Å². The van der Waals surface area contributed by atoms with E-state index in [1.54, 1.807) is 6.20 Å². The summed E-state index contributed by atoms with van der Waals surface area (Å²) in [5.41, 5.74) is 1.94. The minimum atomic E-state index is -0.370. The molecule has 2 aromatic rings. The Morgan fingerprint density at radius 1 is 1.39 bits per heavy atom.